The van der Waals surface area contributed by atoms with Gasteiger partial charge in [-0.05, 0) is 60.7 Å². The Kier molecular flexibility index (Phi) is 5.03. The van der Waals surface area contributed by atoms with Crippen LogP contribution >= 0.6 is 0 Å². The lowest BCUT2D eigenvalue weighted by Gasteiger charge is -2.38. The van der Waals surface area contributed by atoms with Crippen LogP contribution in [0.3, 0.4) is 0 Å². The Morgan fingerprint density at radius 2 is 1.61 bits per heavy atom. The van der Waals surface area contributed by atoms with Gasteiger partial charge >= 0.3 is 0 Å². The smallest absolute Gasteiger partial charge is 0.172 e. The van der Waals surface area contributed by atoms with Crippen molar-refractivity contribution in [1.29, 1.82) is 0 Å². The van der Waals surface area contributed by atoms with E-state index in [1.165, 1.54) is 6.07 Å². The Morgan fingerprint density at radius 3 is 2.34 bits per heavy atom. The summed E-state index contributed by atoms with van der Waals surface area (Å²) in [4.78, 5) is 5.11. The molecule has 0 radical (unpaired) electrons. The van der Waals surface area contributed by atoms with Crippen molar-refractivity contribution >= 4 is 16.7 Å². The lowest BCUT2D eigenvalue weighted by molar-refractivity contribution is 0.253. The van der Waals surface area contributed by atoms with Crippen molar-refractivity contribution in [3.63, 3.8) is 0 Å². The fourth-order valence-electron chi connectivity index (χ4n) is 5.35. The zero-order valence-electron chi connectivity index (χ0n) is 20.5. The maximum Gasteiger partial charge on any atom is 0.172 e. The summed E-state index contributed by atoms with van der Waals surface area (Å²) in [7, 11) is 0. The minimum atomic E-state index is -0.713. The number of rotatable bonds is 4. The molecule has 0 unspecified atom stereocenters. The number of hydrogen-bond acceptors (Lipinski definition) is 5. The number of aromatic hydroxyl groups is 1. The van der Waals surface area contributed by atoms with Crippen molar-refractivity contribution in [2.45, 2.75) is 24.8 Å². The largest absolute Gasteiger partial charge is 0.504 e. The van der Waals surface area contributed by atoms with Crippen LogP contribution in [0.15, 0.2) is 91.0 Å². The number of phenols is 1. The van der Waals surface area contributed by atoms with Gasteiger partial charge < -0.3 is 10.8 Å². The van der Waals surface area contributed by atoms with E-state index in [1.807, 2.05) is 34.7 Å². The van der Waals surface area contributed by atoms with E-state index in [1.54, 1.807) is 12.1 Å². The SMILES string of the molecule is NC1(c2ccc(-c3nc4ccc5nnc(-c6cccc(F)c6O)n5c4cc3-c3ccccc3)cc2)CCC1. The zero-order chi connectivity index (χ0) is 25.9. The van der Waals surface area contributed by atoms with Crippen molar-refractivity contribution in [3.8, 4) is 39.5 Å². The number of hydrogen-bond donors (Lipinski definition) is 2. The molecule has 6 nitrogen and oxygen atoms in total. The monoisotopic (exact) mass is 501 g/mol. The molecule has 0 aliphatic heterocycles. The second-order valence-electron chi connectivity index (χ2n) is 9.93. The lowest BCUT2D eigenvalue weighted by atomic mass is 9.72. The molecule has 0 atom stereocenters. The minimum absolute atomic E-state index is 0.226. The zero-order valence-corrected chi connectivity index (χ0v) is 20.5. The third-order valence-corrected chi connectivity index (χ3v) is 7.64. The molecule has 1 aliphatic carbocycles. The Labute approximate surface area is 218 Å². The number of nitrogens with zero attached hydrogens (tertiary/aromatic N) is 4. The molecule has 3 aromatic carbocycles. The van der Waals surface area contributed by atoms with Gasteiger partial charge in [0.2, 0.25) is 0 Å². The highest BCUT2D eigenvalue weighted by atomic mass is 19.1. The molecule has 3 heterocycles. The quantitative estimate of drug-likeness (QED) is 0.289. The van der Waals surface area contributed by atoms with E-state index in [9.17, 15) is 9.50 Å². The normalized spacial score (nSPS) is 14.6. The maximum absolute atomic E-state index is 14.2. The van der Waals surface area contributed by atoms with E-state index in [0.29, 0.717) is 11.5 Å². The minimum Gasteiger partial charge on any atom is -0.504 e. The van der Waals surface area contributed by atoms with Gasteiger partial charge in [0.1, 0.15) is 0 Å². The fraction of sp³-hybridized carbons (Fsp3) is 0.129. The van der Waals surface area contributed by atoms with Gasteiger partial charge in [-0.3, -0.25) is 4.40 Å². The van der Waals surface area contributed by atoms with E-state index >= 15 is 0 Å². The van der Waals surface area contributed by atoms with Crippen LogP contribution in [0.2, 0.25) is 0 Å². The van der Waals surface area contributed by atoms with Crippen molar-refractivity contribution in [2.24, 2.45) is 5.73 Å². The summed E-state index contributed by atoms with van der Waals surface area (Å²) in [5, 5.41) is 19.0. The molecule has 3 N–H and O–H groups in total. The summed E-state index contributed by atoms with van der Waals surface area (Å²) >= 11 is 0. The highest BCUT2D eigenvalue weighted by Crippen LogP contribution is 2.40. The predicted molar refractivity (Wildman–Crippen MR) is 146 cm³/mol. The summed E-state index contributed by atoms with van der Waals surface area (Å²) in [6.07, 6.45) is 3.18. The summed E-state index contributed by atoms with van der Waals surface area (Å²) in [5.74, 6) is -0.834. The van der Waals surface area contributed by atoms with Crippen molar-refractivity contribution < 1.29 is 9.50 Å². The first-order valence-corrected chi connectivity index (χ1v) is 12.6. The summed E-state index contributed by atoms with van der Waals surface area (Å²) < 4.78 is 16.0. The Bertz CT molecular complexity index is 1830. The van der Waals surface area contributed by atoms with Crippen LogP contribution in [0.4, 0.5) is 4.39 Å². The molecule has 6 aromatic rings. The summed E-state index contributed by atoms with van der Waals surface area (Å²) in [5.41, 5.74) is 13.6. The predicted octanol–water partition coefficient (Wildman–Crippen LogP) is 6.46. The molecule has 7 rings (SSSR count). The van der Waals surface area contributed by atoms with Crippen LogP contribution in [0.25, 0.3) is 50.5 Å². The number of phenolic OH excluding ortho intramolecular Hbond substituents is 1. The maximum atomic E-state index is 14.2. The third-order valence-electron chi connectivity index (χ3n) is 7.64. The molecule has 0 bridgehead atoms. The average molecular weight is 502 g/mol. The number of halogens is 1. The molecule has 186 valence electrons. The molecule has 0 saturated heterocycles. The van der Waals surface area contributed by atoms with Crippen molar-refractivity contribution in [1.82, 2.24) is 19.6 Å². The number of para-hydroxylation sites is 1. The molecule has 0 amide bonds. The molecule has 1 fully saturated rings. The lowest BCUT2D eigenvalue weighted by Crippen LogP contribution is -2.43. The molecule has 1 aliphatic rings. The second-order valence-corrected chi connectivity index (χ2v) is 9.93. The summed E-state index contributed by atoms with van der Waals surface area (Å²) in [6.45, 7) is 0. The number of aromatic nitrogens is 4. The molecular formula is C31H24FN5O. The van der Waals surface area contributed by atoms with Crippen molar-refractivity contribution in [3.05, 3.63) is 102 Å². The third kappa shape index (κ3) is 3.47. The Balaban J connectivity index is 1.47. The van der Waals surface area contributed by atoms with Crippen LogP contribution in [-0.4, -0.2) is 24.7 Å². The second kappa shape index (κ2) is 8.46. The Morgan fingerprint density at radius 1 is 0.816 bits per heavy atom. The Hall–Kier alpha value is -4.62. The van der Waals surface area contributed by atoms with Gasteiger partial charge in [-0.2, -0.15) is 0 Å². The first-order chi connectivity index (χ1) is 18.5. The van der Waals surface area contributed by atoms with E-state index in [4.69, 9.17) is 10.7 Å². The average Bonchev–Trinajstić information content (AvgIpc) is 3.37. The highest BCUT2D eigenvalue weighted by Gasteiger charge is 2.34. The van der Waals surface area contributed by atoms with E-state index in [-0.39, 0.29) is 11.1 Å². The molecule has 38 heavy (non-hydrogen) atoms. The fourth-order valence-corrected chi connectivity index (χ4v) is 5.35. The first-order valence-electron chi connectivity index (χ1n) is 12.6. The molecule has 3 aromatic heterocycles. The number of pyridine rings is 2. The van der Waals surface area contributed by atoms with E-state index < -0.39 is 11.6 Å². The van der Waals surface area contributed by atoms with Gasteiger partial charge in [-0.25, -0.2) is 9.37 Å². The van der Waals surface area contributed by atoms with Crippen LogP contribution < -0.4 is 5.73 Å². The van der Waals surface area contributed by atoms with E-state index in [0.717, 1.165) is 58.2 Å². The summed E-state index contributed by atoms with van der Waals surface area (Å²) in [6, 6.07) is 28.7. The molecular weight excluding hydrogens is 477 g/mol. The van der Waals surface area contributed by atoms with Gasteiger partial charge in [0.05, 0.1) is 22.3 Å². The molecule has 7 heteroatoms. The van der Waals surface area contributed by atoms with Crippen LogP contribution in [0.5, 0.6) is 5.75 Å². The van der Waals surface area contributed by atoms with Crippen molar-refractivity contribution in [2.75, 3.05) is 0 Å². The van der Waals surface area contributed by atoms with Gasteiger partial charge in [-0.1, -0.05) is 60.7 Å². The van der Waals surface area contributed by atoms with Gasteiger partial charge in [0, 0.05) is 16.7 Å². The topological polar surface area (TPSA) is 89.3 Å². The number of fused-ring (bicyclic) bond motifs is 3. The van der Waals surface area contributed by atoms with Gasteiger partial charge in [0.25, 0.3) is 0 Å². The number of nitrogens with two attached hydrogens (primary N) is 1. The highest BCUT2D eigenvalue weighted by molar-refractivity contribution is 5.92. The van der Waals surface area contributed by atoms with E-state index in [2.05, 4.69) is 52.7 Å². The first kappa shape index (κ1) is 22.6. The molecule has 0 spiro atoms. The van der Waals surface area contributed by atoms with Crippen LogP contribution in [0.1, 0.15) is 24.8 Å². The van der Waals surface area contributed by atoms with Gasteiger partial charge in [0.15, 0.2) is 23.0 Å². The van der Waals surface area contributed by atoms with Crippen LogP contribution in [0, 0.1) is 5.82 Å². The molecule has 1 saturated carbocycles. The van der Waals surface area contributed by atoms with Gasteiger partial charge in [-0.15, -0.1) is 10.2 Å². The standard InChI is InChI=1S/C31H24FN5O/c32-24-9-4-8-22(29(24)38)30-36-35-27-15-14-25-26(37(27)30)18-23(19-6-2-1-3-7-19)28(34-25)20-10-12-21(13-11-20)31(33)16-5-17-31/h1-4,6-15,18,38H,5,16-17,33H2. The van der Waals surface area contributed by atoms with Crippen LogP contribution in [-0.2, 0) is 5.54 Å². The number of benzene rings is 3.